The monoisotopic (exact) mass is 402 g/mol. The molecule has 13 heteroatoms. The maximum Gasteiger partial charge on any atom is 0.451 e. The summed E-state index contributed by atoms with van der Waals surface area (Å²) in [4.78, 5) is 7.04. The number of halogens is 3. The second-order valence-corrected chi connectivity index (χ2v) is 6.68. The largest absolute Gasteiger partial charge is 0.451 e. The van der Waals surface area contributed by atoms with E-state index in [1.54, 1.807) is 0 Å². The van der Waals surface area contributed by atoms with Crippen LogP contribution in [0.4, 0.5) is 24.7 Å². The van der Waals surface area contributed by atoms with E-state index in [4.69, 9.17) is 4.55 Å². The Morgan fingerprint density at radius 3 is 2.44 bits per heavy atom. The van der Waals surface area contributed by atoms with Crippen LogP contribution in [0.25, 0.3) is 11.0 Å². The molecule has 2 aromatic heterocycles. The molecule has 0 radical (unpaired) electrons. The van der Waals surface area contributed by atoms with E-state index in [2.05, 4.69) is 20.4 Å². The molecule has 0 aliphatic heterocycles. The lowest BCUT2D eigenvalue weighted by Crippen LogP contribution is -2.14. The van der Waals surface area contributed by atoms with E-state index >= 15 is 0 Å². The Balaban J connectivity index is 1.84. The van der Waals surface area contributed by atoms with Crippen LogP contribution >= 0.6 is 0 Å². The van der Waals surface area contributed by atoms with Crippen LogP contribution in [-0.4, -0.2) is 32.7 Å². The Kier molecular flexibility index (Phi) is 4.65. The zero-order valence-electron chi connectivity index (χ0n) is 13.7. The number of hydrogen-bond donors (Lipinski definition) is 3. The average Bonchev–Trinajstić information content (AvgIpc) is 2.93. The Morgan fingerprint density at radius 2 is 1.85 bits per heavy atom. The van der Waals surface area contributed by atoms with Crippen molar-refractivity contribution in [1.29, 1.82) is 0 Å². The summed E-state index contributed by atoms with van der Waals surface area (Å²) in [6.45, 7) is 0.116. The maximum atomic E-state index is 13.0. The van der Waals surface area contributed by atoms with Gasteiger partial charge >= 0.3 is 16.5 Å². The second-order valence-electron chi connectivity index (χ2n) is 5.53. The third-order valence-corrected chi connectivity index (χ3v) is 4.00. The zero-order chi connectivity index (χ0) is 19.8. The number of nitrogens with zero attached hydrogens (tertiary/aromatic N) is 4. The number of rotatable bonds is 5. The lowest BCUT2D eigenvalue weighted by atomic mass is 10.2. The van der Waals surface area contributed by atoms with E-state index in [9.17, 15) is 21.6 Å². The molecule has 3 rings (SSSR count). The van der Waals surface area contributed by atoms with Crippen molar-refractivity contribution in [2.75, 3.05) is 10.0 Å². The number of alkyl halides is 3. The third-order valence-electron chi connectivity index (χ3n) is 3.51. The molecule has 0 unspecified atom stereocenters. The Morgan fingerprint density at radius 1 is 1.19 bits per heavy atom. The Bertz CT molecular complexity index is 1080. The lowest BCUT2D eigenvalue weighted by molar-refractivity contribution is -0.144. The predicted octanol–water partition coefficient (Wildman–Crippen LogP) is 2.21. The highest BCUT2D eigenvalue weighted by Gasteiger charge is 2.36. The number of nitrogens with one attached hydrogen (secondary N) is 2. The van der Waals surface area contributed by atoms with Gasteiger partial charge in [-0.15, -0.1) is 0 Å². The normalized spacial score (nSPS) is 12.3. The molecule has 27 heavy (non-hydrogen) atoms. The molecule has 0 atom stereocenters. The van der Waals surface area contributed by atoms with Crippen molar-refractivity contribution in [2.45, 2.75) is 12.7 Å². The van der Waals surface area contributed by atoms with Gasteiger partial charge in [0.15, 0.2) is 5.65 Å². The van der Waals surface area contributed by atoms with Crippen LogP contribution in [0, 0.1) is 0 Å². The fourth-order valence-corrected chi connectivity index (χ4v) is 2.74. The number of hydrogen-bond acceptors (Lipinski definition) is 6. The van der Waals surface area contributed by atoms with Gasteiger partial charge in [-0.2, -0.15) is 26.7 Å². The van der Waals surface area contributed by atoms with Gasteiger partial charge in [-0.05, 0) is 17.7 Å². The zero-order valence-corrected chi connectivity index (χ0v) is 14.5. The van der Waals surface area contributed by atoms with E-state index in [0.29, 0.717) is 10.9 Å². The highest BCUT2D eigenvalue weighted by molar-refractivity contribution is 7.87. The summed E-state index contributed by atoms with van der Waals surface area (Å²) in [6, 6.07) is 5.86. The van der Waals surface area contributed by atoms with E-state index in [0.717, 1.165) is 0 Å². The highest BCUT2D eigenvalue weighted by Crippen LogP contribution is 2.30. The minimum absolute atomic E-state index is 0.0273. The number of benzene rings is 1. The molecule has 0 amide bonds. The van der Waals surface area contributed by atoms with Gasteiger partial charge in [0.05, 0.1) is 17.3 Å². The summed E-state index contributed by atoms with van der Waals surface area (Å²) in [6.07, 6.45) is -3.35. The van der Waals surface area contributed by atoms with E-state index in [1.807, 2.05) is 4.72 Å². The molecule has 2 heterocycles. The molecular weight excluding hydrogens is 389 g/mol. The summed E-state index contributed by atoms with van der Waals surface area (Å²) in [5.74, 6) is -1.31. The molecule has 3 aromatic rings. The third kappa shape index (κ3) is 4.43. The topological polar surface area (TPSA) is 122 Å². The molecule has 1 aromatic carbocycles. The van der Waals surface area contributed by atoms with Crippen LogP contribution < -0.4 is 10.0 Å². The van der Waals surface area contributed by atoms with Gasteiger partial charge in [-0.1, -0.05) is 12.1 Å². The molecule has 0 saturated heterocycles. The molecule has 0 fully saturated rings. The average molecular weight is 402 g/mol. The molecule has 0 bridgehead atoms. The first-order chi connectivity index (χ1) is 12.5. The predicted molar refractivity (Wildman–Crippen MR) is 90.2 cm³/mol. The maximum absolute atomic E-state index is 13.0. The van der Waals surface area contributed by atoms with Crippen LogP contribution in [0.2, 0.25) is 0 Å². The second kappa shape index (κ2) is 6.66. The quantitative estimate of drug-likeness (QED) is 0.559. The number of aryl methyl sites for hydroxylation is 1. The van der Waals surface area contributed by atoms with Crippen molar-refractivity contribution in [3.63, 3.8) is 0 Å². The Labute approximate surface area is 151 Å². The smallest absolute Gasteiger partial charge is 0.365 e. The SMILES string of the molecule is Cn1ncc2c(NCc3ccc(NS(=O)(=O)O)cc3)nc(C(F)(F)F)nc21. The molecule has 0 saturated carbocycles. The van der Waals surface area contributed by atoms with Crippen molar-refractivity contribution in [3.05, 3.63) is 41.9 Å². The molecule has 0 aliphatic rings. The van der Waals surface area contributed by atoms with Gasteiger partial charge in [0.25, 0.3) is 0 Å². The fourth-order valence-electron chi connectivity index (χ4n) is 2.31. The lowest BCUT2D eigenvalue weighted by Gasteiger charge is -2.11. The minimum Gasteiger partial charge on any atom is -0.365 e. The first-order valence-electron chi connectivity index (χ1n) is 7.38. The summed E-state index contributed by atoms with van der Waals surface area (Å²) in [7, 11) is -2.91. The van der Waals surface area contributed by atoms with Crippen LogP contribution in [-0.2, 0) is 30.1 Å². The van der Waals surface area contributed by atoms with E-state index < -0.39 is 22.3 Å². The molecule has 0 aliphatic carbocycles. The number of fused-ring (bicyclic) bond motifs is 1. The number of anilines is 2. The molecule has 144 valence electrons. The van der Waals surface area contributed by atoms with Gasteiger partial charge in [-0.25, -0.2) is 9.97 Å². The molecule has 3 N–H and O–H groups in total. The first kappa shape index (κ1) is 18.8. The summed E-state index contributed by atoms with van der Waals surface area (Å²) in [5.41, 5.74) is 0.810. The van der Waals surface area contributed by atoms with Crippen molar-refractivity contribution >= 4 is 32.8 Å². The standard InChI is InChI=1S/C14H13F3N6O3S/c1-23-12-10(7-19-23)11(20-13(21-12)14(15,16)17)18-6-8-2-4-9(5-3-8)22-27(24,25)26/h2-5,7,22H,6H2,1H3,(H,18,20,21)(H,24,25,26). The van der Waals surface area contributed by atoms with Crippen LogP contribution in [0.15, 0.2) is 30.5 Å². The molecule has 9 nitrogen and oxygen atoms in total. The minimum atomic E-state index is -4.71. The summed E-state index contributed by atoms with van der Waals surface area (Å²) in [5, 5.41) is 7.03. The molecule has 0 spiro atoms. The van der Waals surface area contributed by atoms with Crippen LogP contribution in [0.1, 0.15) is 11.4 Å². The van der Waals surface area contributed by atoms with Gasteiger partial charge in [0.1, 0.15) is 5.82 Å². The van der Waals surface area contributed by atoms with Gasteiger partial charge in [-0.3, -0.25) is 14.0 Å². The van der Waals surface area contributed by atoms with E-state index in [-0.39, 0.29) is 23.7 Å². The van der Waals surface area contributed by atoms with Crippen molar-refractivity contribution < 1.29 is 26.1 Å². The van der Waals surface area contributed by atoms with Crippen molar-refractivity contribution in [2.24, 2.45) is 7.05 Å². The van der Waals surface area contributed by atoms with E-state index in [1.165, 1.54) is 42.2 Å². The van der Waals surface area contributed by atoms with Gasteiger partial charge in [0.2, 0.25) is 5.82 Å². The molecular formula is C14H13F3N6O3S. The summed E-state index contributed by atoms with van der Waals surface area (Å²) >= 11 is 0. The van der Waals surface area contributed by atoms with Gasteiger partial charge < -0.3 is 5.32 Å². The fraction of sp³-hybridized carbons (Fsp3) is 0.214. The van der Waals surface area contributed by atoms with Crippen LogP contribution in [0.3, 0.4) is 0 Å². The first-order valence-corrected chi connectivity index (χ1v) is 8.82. The highest BCUT2D eigenvalue weighted by atomic mass is 32.2. The summed E-state index contributed by atoms with van der Waals surface area (Å²) < 4.78 is 72.4. The van der Waals surface area contributed by atoms with Crippen molar-refractivity contribution in [3.8, 4) is 0 Å². The van der Waals surface area contributed by atoms with Crippen LogP contribution in [0.5, 0.6) is 0 Å². The van der Waals surface area contributed by atoms with Crippen molar-refractivity contribution in [1.82, 2.24) is 19.7 Å². The number of aromatic nitrogens is 4. The Hall–Kier alpha value is -2.93. The van der Waals surface area contributed by atoms with Gasteiger partial charge in [0, 0.05) is 13.6 Å².